The van der Waals surface area contributed by atoms with Crippen LogP contribution in [0.1, 0.15) is 31.5 Å². The standard InChI is InChI=1S/C11H14N6O2S/c1-6-5-9(19-14-6)12-10(18)7(2)20-11-13-15-16-17(11)8-3-4-8/h5,7-8H,3-4H2,1-2H3,(H,12,18). The minimum absolute atomic E-state index is 0.170. The normalized spacial score (nSPS) is 16.1. The Labute approximate surface area is 119 Å². The van der Waals surface area contributed by atoms with E-state index in [4.69, 9.17) is 4.52 Å². The molecule has 1 amide bonds. The van der Waals surface area contributed by atoms with E-state index in [2.05, 4.69) is 26.0 Å². The van der Waals surface area contributed by atoms with Crippen LogP contribution >= 0.6 is 11.8 Å². The summed E-state index contributed by atoms with van der Waals surface area (Å²) in [7, 11) is 0. The van der Waals surface area contributed by atoms with Gasteiger partial charge in [-0.15, -0.1) is 5.10 Å². The number of carbonyl (C=O) groups excluding carboxylic acids is 1. The molecule has 1 N–H and O–H groups in total. The maximum Gasteiger partial charge on any atom is 0.240 e. The Bertz CT molecular complexity index is 620. The maximum atomic E-state index is 12.0. The lowest BCUT2D eigenvalue weighted by Gasteiger charge is -2.09. The van der Waals surface area contributed by atoms with Crippen LogP contribution in [-0.2, 0) is 4.79 Å². The zero-order chi connectivity index (χ0) is 14.1. The van der Waals surface area contributed by atoms with Crippen molar-refractivity contribution in [3.05, 3.63) is 11.8 Å². The molecule has 2 heterocycles. The van der Waals surface area contributed by atoms with E-state index >= 15 is 0 Å². The third kappa shape index (κ3) is 2.82. The van der Waals surface area contributed by atoms with Crippen molar-refractivity contribution in [1.82, 2.24) is 25.4 Å². The van der Waals surface area contributed by atoms with Crippen molar-refractivity contribution in [2.75, 3.05) is 5.32 Å². The summed E-state index contributed by atoms with van der Waals surface area (Å²) in [4.78, 5) is 12.0. The van der Waals surface area contributed by atoms with E-state index in [-0.39, 0.29) is 11.2 Å². The molecule has 0 aromatic carbocycles. The molecular formula is C11H14N6O2S. The number of nitrogens with one attached hydrogen (secondary N) is 1. The molecule has 106 valence electrons. The summed E-state index contributed by atoms with van der Waals surface area (Å²) in [6.45, 7) is 3.59. The number of hydrogen-bond donors (Lipinski definition) is 1. The molecule has 3 rings (SSSR count). The minimum Gasteiger partial charge on any atom is -0.338 e. The Morgan fingerprint density at radius 3 is 3.05 bits per heavy atom. The molecule has 0 radical (unpaired) electrons. The second-order valence-electron chi connectivity index (χ2n) is 4.72. The van der Waals surface area contributed by atoms with Gasteiger partial charge in [0.05, 0.1) is 17.0 Å². The van der Waals surface area contributed by atoms with Gasteiger partial charge < -0.3 is 4.52 Å². The zero-order valence-electron chi connectivity index (χ0n) is 11.1. The van der Waals surface area contributed by atoms with E-state index in [1.165, 1.54) is 11.8 Å². The number of thioether (sulfide) groups is 1. The van der Waals surface area contributed by atoms with Crippen LogP contribution in [0.3, 0.4) is 0 Å². The van der Waals surface area contributed by atoms with E-state index in [1.807, 2.05) is 0 Å². The van der Waals surface area contributed by atoms with Gasteiger partial charge in [-0.3, -0.25) is 10.1 Å². The Morgan fingerprint density at radius 2 is 2.40 bits per heavy atom. The average Bonchev–Trinajstić information content (AvgIpc) is 3.03. The highest BCUT2D eigenvalue weighted by molar-refractivity contribution is 8.00. The first-order valence-corrected chi connectivity index (χ1v) is 7.20. The van der Waals surface area contributed by atoms with Crippen molar-refractivity contribution in [3.8, 4) is 0 Å². The lowest BCUT2D eigenvalue weighted by molar-refractivity contribution is -0.115. The Hall–Kier alpha value is -1.90. The van der Waals surface area contributed by atoms with Crippen molar-refractivity contribution in [1.29, 1.82) is 0 Å². The molecule has 1 unspecified atom stereocenters. The number of aromatic nitrogens is 5. The third-order valence-corrected chi connectivity index (χ3v) is 3.93. The van der Waals surface area contributed by atoms with Crippen molar-refractivity contribution in [2.24, 2.45) is 0 Å². The lowest BCUT2D eigenvalue weighted by Crippen LogP contribution is -2.22. The molecule has 2 aromatic heterocycles. The van der Waals surface area contributed by atoms with Crippen LogP contribution in [-0.4, -0.2) is 36.5 Å². The molecule has 0 spiro atoms. The van der Waals surface area contributed by atoms with Gasteiger partial charge in [0.2, 0.25) is 16.9 Å². The Kier molecular flexibility index (Phi) is 3.43. The number of nitrogens with zero attached hydrogens (tertiary/aromatic N) is 5. The fraction of sp³-hybridized carbons (Fsp3) is 0.545. The maximum absolute atomic E-state index is 12.0. The fourth-order valence-electron chi connectivity index (χ4n) is 1.67. The highest BCUT2D eigenvalue weighted by atomic mass is 32.2. The number of anilines is 1. The average molecular weight is 294 g/mol. The molecule has 9 heteroatoms. The van der Waals surface area contributed by atoms with E-state index < -0.39 is 0 Å². The number of rotatable bonds is 5. The molecule has 20 heavy (non-hydrogen) atoms. The smallest absolute Gasteiger partial charge is 0.240 e. The molecule has 1 atom stereocenters. The summed E-state index contributed by atoms with van der Waals surface area (Å²) in [5.41, 5.74) is 0.721. The first-order chi connectivity index (χ1) is 9.63. The highest BCUT2D eigenvalue weighted by Gasteiger charge is 2.29. The van der Waals surface area contributed by atoms with Crippen molar-refractivity contribution >= 4 is 23.6 Å². The number of carbonyl (C=O) groups is 1. The fourth-order valence-corrected chi connectivity index (χ4v) is 2.53. The number of aryl methyl sites for hydroxylation is 1. The molecule has 0 saturated heterocycles. The predicted molar refractivity (Wildman–Crippen MR) is 71.3 cm³/mol. The van der Waals surface area contributed by atoms with Crippen LogP contribution in [0.2, 0.25) is 0 Å². The third-order valence-electron chi connectivity index (χ3n) is 2.88. The minimum atomic E-state index is -0.330. The first-order valence-electron chi connectivity index (χ1n) is 6.32. The number of hydrogen-bond acceptors (Lipinski definition) is 7. The number of tetrazole rings is 1. The van der Waals surface area contributed by atoms with Crippen molar-refractivity contribution in [2.45, 2.75) is 43.1 Å². The summed E-state index contributed by atoms with van der Waals surface area (Å²) < 4.78 is 6.74. The van der Waals surface area contributed by atoms with Gasteiger partial charge in [0.15, 0.2) is 0 Å². The Balaban J connectivity index is 1.61. The molecular weight excluding hydrogens is 280 g/mol. The van der Waals surface area contributed by atoms with Gasteiger partial charge in [0.1, 0.15) is 0 Å². The summed E-state index contributed by atoms with van der Waals surface area (Å²) in [5.74, 6) is 0.179. The molecule has 1 aliphatic carbocycles. The van der Waals surface area contributed by atoms with Gasteiger partial charge >= 0.3 is 0 Å². The zero-order valence-corrected chi connectivity index (χ0v) is 11.9. The second-order valence-corrected chi connectivity index (χ2v) is 6.03. The van der Waals surface area contributed by atoms with Crippen LogP contribution in [0.15, 0.2) is 15.7 Å². The van der Waals surface area contributed by atoms with Gasteiger partial charge in [-0.1, -0.05) is 16.9 Å². The quantitative estimate of drug-likeness (QED) is 0.832. The molecule has 1 saturated carbocycles. The van der Waals surface area contributed by atoms with Gasteiger partial charge in [-0.05, 0) is 37.1 Å². The largest absolute Gasteiger partial charge is 0.338 e. The molecule has 1 fully saturated rings. The first kappa shape index (κ1) is 13.1. The topological polar surface area (TPSA) is 98.7 Å². The summed E-state index contributed by atoms with van der Waals surface area (Å²) in [6, 6.07) is 2.06. The van der Waals surface area contributed by atoms with Gasteiger partial charge in [0, 0.05) is 6.07 Å². The monoisotopic (exact) mass is 294 g/mol. The Morgan fingerprint density at radius 1 is 1.60 bits per heavy atom. The van der Waals surface area contributed by atoms with Crippen LogP contribution < -0.4 is 5.32 Å². The number of amides is 1. The van der Waals surface area contributed by atoms with Crippen LogP contribution in [0.5, 0.6) is 0 Å². The lowest BCUT2D eigenvalue weighted by atomic mass is 10.4. The summed E-state index contributed by atoms with van der Waals surface area (Å²) >= 11 is 1.33. The molecule has 0 aliphatic heterocycles. The second kappa shape index (κ2) is 5.23. The van der Waals surface area contributed by atoms with Gasteiger partial charge in [-0.25, -0.2) is 4.68 Å². The van der Waals surface area contributed by atoms with Crippen molar-refractivity contribution in [3.63, 3.8) is 0 Å². The van der Waals surface area contributed by atoms with E-state index in [1.54, 1.807) is 24.6 Å². The van der Waals surface area contributed by atoms with Crippen LogP contribution in [0.4, 0.5) is 5.88 Å². The summed E-state index contributed by atoms with van der Waals surface area (Å²) in [6.07, 6.45) is 2.19. The van der Waals surface area contributed by atoms with Gasteiger partial charge in [0.25, 0.3) is 0 Å². The predicted octanol–water partition coefficient (Wildman–Crippen LogP) is 1.42. The van der Waals surface area contributed by atoms with E-state index in [0.29, 0.717) is 17.1 Å². The molecule has 8 nitrogen and oxygen atoms in total. The van der Waals surface area contributed by atoms with Crippen LogP contribution in [0.25, 0.3) is 0 Å². The highest BCUT2D eigenvalue weighted by Crippen LogP contribution is 2.37. The van der Waals surface area contributed by atoms with E-state index in [9.17, 15) is 4.79 Å². The van der Waals surface area contributed by atoms with E-state index in [0.717, 1.165) is 18.5 Å². The summed E-state index contributed by atoms with van der Waals surface area (Å²) in [5, 5.41) is 18.3. The van der Waals surface area contributed by atoms with Crippen molar-refractivity contribution < 1.29 is 9.32 Å². The molecule has 0 bridgehead atoms. The van der Waals surface area contributed by atoms with Gasteiger partial charge in [-0.2, -0.15) is 0 Å². The molecule has 2 aromatic rings. The SMILES string of the molecule is Cc1cc(NC(=O)C(C)Sc2nnnn2C2CC2)on1. The molecule has 1 aliphatic rings. The van der Waals surface area contributed by atoms with Crippen LogP contribution in [0, 0.1) is 6.92 Å².